The van der Waals surface area contributed by atoms with Crippen LogP contribution in [-0.2, 0) is 25.5 Å². The van der Waals surface area contributed by atoms with Crippen molar-refractivity contribution in [3.05, 3.63) is 35.9 Å². The standard InChI is InChI=1S/C18H21BrN2O5/c19-12(9-11-5-2-1-3-6-11)16(22)20-13-7-4-8-15-21(17(13)23)14(10-26-15)18(24)25/h1-3,5-6,12-15H,4,7-10H2,(H,20,22)(H,24,25)/t12-,13?,14?,15?/m1/s1. The minimum absolute atomic E-state index is 0.0124. The number of fused-ring (bicyclic) bond motifs is 1. The molecule has 140 valence electrons. The molecule has 2 amide bonds. The average molecular weight is 425 g/mol. The van der Waals surface area contributed by atoms with Crippen LogP contribution in [0.3, 0.4) is 0 Å². The third-order valence-electron chi connectivity index (χ3n) is 4.73. The molecule has 2 aliphatic heterocycles. The zero-order valence-electron chi connectivity index (χ0n) is 14.1. The number of nitrogens with zero attached hydrogens (tertiary/aromatic N) is 1. The summed E-state index contributed by atoms with van der Waals surface area (Å²) in [4.78, 5) is 37.5. The van der Waals surface area contributed by atoms with Gasteiger partial charge in [-0.1, -0.05) is 46.3 Å². The van der Waals surface area contributed by atoms with Gasteiger partial charge in [0.25, 0.3) is 0 Å². The van der Waals surface area contributed by atoms with E-state index in [2.05, 4.69) is 21.2 Å². The summed E-state index contributed by atoms with van der Waals surface area (Å²) in [5.41, 5.74) is 1.01. The summed E-state index contributed by atoms with van der Waals surface area (Å²) < 4.78 is 5.46. The van der Waals surface area contributed by atoms with E-state index >= 15 is 0 Å². The zero-order chi connectivity index (χ0) is 18.7. The monoisotopic (exact) mass is 424 g/mol. The van der Waals surface area contributed by atoms with E-state index in [1.807, 2.05) is 30.3 Å². The van der Waals surface area contributed by atoms with Gasteiger partial charge < -0.3 is 15.2 Å². The fraction of sp³-hybridized carbons (Fsp3) is 0.500. The van der Waals surface area contributed by atoms with Crippen molar-refractivity contribution in [1.82, 2.24) is 10.2 Å². The number of alkyl halides is 1. The number of carbonyl (C=O) groups excluding carboxylic acids is 2. The summed E-state index contributed by atoms with van der Waals surface area (Å²) >= 11 is 3.38. The van der Waals surface area contributed by atoms with Crippen LogP contribution in [0.2, 0.25) is 0 Å². The van der Waals surface area contributed by atoms with E-state index in [-0.39, 0.29) is 18.4 Å². The van der Waals surface area contributed by atoms with Crippen molar-refractivity contribution < 1.29 is 24.2 Å². The number of aliphatic carboxylic acids is 1. The van der Waals surface area contributed by atoms with Crippen molar-refractivity contribution in [2.45, 2.75) is 48.8 Å². The number of carbonyl (C=O) groups is 3. The van der Waals surface area contributed by atoms with Crippen LogP contribution in [0, 0.1) is 0 Å². The van der Waals surface area contributed by atoms with Crippen LogP contribution in [0.5, 0.6) is 0 Å². The Labute approximate surface area is 159 Å². The minimum atomic E-state index is -1.09. The first-order valence-electron chi connectivity index (χ1n) is 8.62. The van der Waals surface area contributed by atoms with Crippen LogP contribution in [0.1, 0.15) is 24.8 Å². The predicted molar refractivity (Wildman–Crippen MR) is 96.7 cm³/mol. The topological polar surface area (TPSA) is 95.9 Å². The number of amides is 2. The molecule has 0 bridgehead atoms. The highest BCUT2D eigenvalue weighted by Gasteiger charge is 2.46. The van der Waals surface area contributed by atoms with E-state index in [0.717, 1.165) is 5.56 Å². The van der Waals surface area contributed by atoms with Crippen molar-refractivity contribution in [3.8, 4) is 0 Å². The fourth-order valence-electron chi connectivity index (χ4n) is 3.38. The number of benzene rings is 1. The normalized spacial score (nSPS) is 26.7. The summed E-state index contributed by atoms with van der Waals surface area (Å²) in [5.74, 6) is -1.75. The van der Waals surface area contributed by atoms with Gasteiger partial charge in [-0.2, -0.15) is 0 Å². The Kier molecular flexibility index (Phi) is 5.93. The number of carboxylic acid groups (broad SMARTS) is 1. The maximum atomic E-state index is 12.8. The molecule has 1 aromatic rings. The first-order valence-corrected chi connectivity index (χ1v) is 9.54. The van der Waals surface area contributed by atoms with E-state index in [9.17, 15) is 19.5 Å². The van der Waals surface area contributed by atoms with Crippen LogP contribution in [0.25, 0.3) is 0 Å². The summed E-state index contributed by atoms with van der Waals surface area (Å²) in [6.45, 7) is -0.0124. The lowest BCUT2D eigenvalue weighted by Crippen LogP contribution is -2.54. The van der Waals surface area contributed by atoms with Gasteiger partial charge in [0.2, 0.25) is 11.8 Å². The number of rotatable bonds is 5. The van der Waals surface area contributed by atoms with Crippen LogP contribution in [0.15, 0.2) is 30.3 Å². The Hall–Kier alpha value is -1.93. The molecule has 26 heavy (non-hydrogen) atoms. The molecule has 0 spiro atoms. The number of hydrogen-bond acceptors (Lipinski definition) is 4. The third-order valence-corrected chi connectivity index (χ3v) is 5.47. The Bertz CT molecular complexity index is 683. The maximum Gasteiger partial charge on any atom is 0.328 e. The predicted octanol–water partition coefficient (Wildman–Crippen LogP) is 1.30. The van der Waals surface area contributed by atoms with Gasteiger partial charge >= 0.3 is 5.97 Å². The molecule has 2 aliphatic rings. The molecule has 4 atom stereocenters. The number of carboxylic acids is 1. The fourth-order valence-corrected chi connectivity index (χ4v) is 3.89. The van der Waals surface area contributed by atoms with Gasteiger partial charge in [0, 0.05) is 0 Å². The Morgan fingerprint density at radius 2 is 2.04 bits per heavy atom. The molecule has 1 aromatic carbocycles. The summed E-state index contributed by atoms with van der Waals surface area (Å²) in [5, 5.41) is 12.1. The number of nitrogens with one attached hydrogen (secondary N) is 1. The minimum Gasteiger partial charge on any atom is -0.480 e. The lowest BCUT2D eigenvalue weighted by molar-refractivity contribution is -0.151. The first kappa shape index (κ1) is 18.8. The quantitative estimate of drug-likeness (QED) is 0.694. The highest BCUT2D eigenvalue weighted by Crippen LogP contribution is 2.27. The third kappa shape index (κ3) is 4.07. The largest absolute Gasteiger partial charge is 0.480 e. The molecule has 2 N–H and O–H groups in total. The molecule has 7 nitrogen and oxygen atoms in total. The van der Waals surface area contributed by atoms with E-state index in [0.29, 0.717) is 25.7 Å². The van der Waals surface area contributed by atoms with Gasteiger partial charge in [-0.15, -0.1) is 0 Å². The van der Waals surface area contributed by atoms with Gasteiger partial charge in [0.15, 0.2) is 6.04 Å². The molecular formula is C18H21BrN2O5. The second-order valence-corrected chi connectivity index (χ2v) is 7.64. The molecule has 3 unspecified atom stereocenters. The maximum absolute atomic E-state index is 12.8. The molecule has 2 fully saturated rings. The number of ether oxygens (including phenoxy) is 1. The van der Waals surface area contributed by atoms with E-state index in [1.165, 1.54) is 4.90 Å². The molecule has 2 heterocycles. The highest BCUT2D eigenvalue weighted by molar-refractivity contribution is 9.10. The molecule has 0 saturated carbocycles. The number of hydrogen-bond donors (Lipinski definition) is 2. The van der Waals surface area contributed by atoms with Gasteiger partial charge in [0.05, 0.1) is 11.4 Å². The van der Waals surface area contributed by atoms with Crippen LogP contribution < -0.4 is 5.32 Å². The van der Waals surface area contributed by atoms with E-state index in [4.69, 9.17) is 4.74 Å². The van der Waals surface area contributed by atoms with Crippen LogP contribution >= 0.6 is 15.9 Å². The van der Waals surface area contributed by atoms with Crippen molar-refractivity contribution >= 4 is 33.7 Å². The average Bonchev–Trinajstić information content (AvgIpc) is 2.99. The van der Waals surface area contributed by atoms with E-state index < -0.39 is 29.1 Å². The number of halogens is 1. The molecule has 0 radical (unpaired) electrons. The molecule has 8 heteroatoms. The van der Waals surface area contributed by atoms with E-state index in [1.54, 1.807) is 0 Å². The van der Waals surface area contributed by atoms with Gasteiger partial charge in [-0.3, -0.25) is 14.5 Å². The molecular weight excluding hydrogens is 404 g/mol. The van der Waals surface area contributed by atoms with Crippen LogP contribution in [0.4, 0.5) is 0 Å². The summed E-state index contributed by atoms with van der Waals surface area (Å²) in [6, 6.07) is 7.86. The Morgan fingerprint density at radius 3 is 2.73 bits per heavy atom. The van der Waals surface area contributed by atoms with Crippen molar-refractivity contribution in [2.24, 2.45) is 0 Å². The smallest absolute Gasteiger partial charge is 0.328 e. The van der Waals surface area contributed by atoms with Crippen molar-refractivity contribution in [1.29, 1.82) is 0 Å². The molecule has 3 rings (SSSR count). The van der Waals surface area contributed by atoms with Gasteiger partial charge in [-0.25, -0.2) is 4.79 Å². The van der Waals surface area contributed by atoms with Gasteiger partial charge in [-0.05, 0) is 31.2 Å². The van der Waals surface area contributed by atoms with Gasteiger partial charge in [0.1, 0.15) is 12.3 Å². The SMILES string of the molecule is O=C(O)C1COC2CCCC(NC(=O)[C@H](Br)Cc3ccccc3)C(=O)N21. The van der Waals surface area contributed by atoms with Crippen molar-refractivity contribution in [2.75, 3.05) is 6.61 Å². The molecule has 0 aliphatic carbocycles. The lowest BCUT2D eigenvalue weighted by atomic mass is 10.1. The zero-order valence-corrected chi connectivity index (χ0v) is 15.7. The second kappa shape index (κ2) is 8.18. The first-order chi connectivity index (χ1) is 12.5. The summed E-state index contributed by atoms with van der Waals surface area (Å²) in [7, 11) is 0. The second-order valence-electron chi connectivity index (χ2n) is 6.54. The molecule has 0 aromatic heterocycles. The van der Waals surface area contributed by atoms with Crippen LogP contribution in [-0.4, -0.2) is 57.5 Å². The Morgan fingerprint density at radius 1 is 1.31 bits per heavy atom. The Balaban J connectivity index is 1.65. The molecule has 2 saturated heterocycles. The highest BCUT2D eigenvalue weighted by atomic mass is 79.9. The van der Waals surface area contributed by atoms with Crippen molar-refractivity contribution in [3.63, 3.8) is 0 Å². The summed E-state index contributed by atoms with van der Waals surface area (Å²) in [6.07, 6.45) is 1.70. The lowest BCUT2D eigenvalue weighted by Gasteiger charge is -2.27.